The van der Waals surface area contributed by atoms with Gasteiger partial charge >= 0.3 is 0 Å². The molecule has 0 bridgehead atoms. The van der Waals surface area contributed by atoms with Crippen LogP contribution >= 0.6 is 0 Å². The normalized spacial score (nSPS) is 35.3. The first kappa shape index (κ1) is 6.52. The van der Waals surface area contributed by atoms with Crippen LogP contribution in [-0.4, -0.2) is 23.8 Å². The Labute approximate surface area is 63.7 Å². The molecule has 1 N–H and O–H groups in total. The van der Waals surface area contributed by atoms with Gasteiger partial charge in [0.1, 0.15) is 11.8 Å². The van der Waals surface area contributed by atoms with E-state index in [1.54, 1.807) is 6.21 Å². The minimum Gasteiger partial charge on any atom is -0.299 e. The molecule has 4 nitrogen and oxygen atoms in total. The summed E-state index contributed by atoms with van der Waals surface area (Å²) in [6, 6.07) is -0.215. The van der Waals surface area contributed by atoms with E-state index in [2.05, 4.69) is 10.5 Å². The van der Waals surface area contributed by atoms with Crippen LogP contribution in [0, 0.1) is 5.92 Å². The summed E-state index contributed by atoms with van der Waals surface area (Å²) < 4.78 is 0. The minimum atomic E-state index is -0.215. The van der Waals surface area contributed by atoms with Crippen LogP contribution in [0.1, 0.15) is 12.8 Å². The van der Waals surface area contributed by atoms with Gasteiger partial charge in [-0.3, -0.25) is 15.0 Å². The molecule has 0 saturated heterocycles. The van der Waals surface area contributed by atoms with Crippen LogP contribution in [0.15, 0.2) is 5.10 Å². The molecule has 1 aliphatic heterocycles. The van der Waals surface area contributed by atoms with Crippen molar-refractivity contribution < 1.29 is 9.59 Å². The van der Waals surface area contributed by atoms with E-state index >= 15 is 0 Å². The lowest BCUT2D eigenvalue weighted by Crippen LogP contribution is -2.42. The first-order chi connectivity index (χ1) is 5.27. The maximum Gasteiger partial charge on any atom is 0.164 e. The molecular weight excluding hydrogens is 144 g/mol. The monoisotopic (exact) mass is 152 g/mol. The van der Waals surface area contributed by atoms with Crippen molar-refractivity contribution in [3.8, 4) is 0 Å². The molecule has 0 aromatic carbocycles. The number of Topliss-reactive ketones (excluding diaryl/α,β-unsaturated/α-hetero) is 2. The Morgan fingerprint density at radius 1 is 1.55 bits per heavy atom. The number of carbonyl (C=O) groups is 2. The van der Waals surface area contributed by atoms with Crippen molar-refractivity contribution in [2.45, 2.75) is 18.9 Å². The number of nitrogens with zero attached hydrogens (tertiary/aromatic N) is 1. The van der Waals surface area contributed by atoms with E-state index in [0.717, 1.165) is 0 Å². The van der Waals surface area contributed by atoms with E-state index in [9.17, 15) is 9.59 Å². The molecule has 2 rings (SSSR count). The Hall–Kier alpha value is -1.19. The van der Waals surface area contributed by atoms with Crippen molar-refractivity contribution in [2.24, 2.45) is 11.0 Å². The summed E-state index contributed by atoms with van der Waals surface area (Å²) in [5.74, 6) is 0.0268. The molecule has 1 heterocycles. The van der Waals surface area contributed by atoms with Crippen LogP contribution in [0.2, 0.25) is 0 Å². The van der Waals surface area contributed by atoms with Crippen molar-refractivity contribution in [2.75, 3.05) is 0 Å². The van der Waals surface area contributed by atoms with Crippen LogP contribution in [0.3, 0.4) is 0 Å². The van der Waals surface area contributed by atoms with Gasteiger partial charge in [0, 0.05) is 18.6 Å². The highest BCUT2D eigenvalue weighted by molar-refractivity contribution is 6.07. The lowest BCUT2D eigenvalue weighted by atomic mass is 9.85. The first-order valence-electron chi connectivity index (χ1n) is 3.60. The van der Waals surface area contributed by atoms with Crippen LogP contribution in [0.25, 0.3) is 0 Å². The molecule has 2 unspecified atom stereocenters. The molecule has 0 radical (unpaired) electrons. The van der Waals surface area contributed by atoms with Crippen molar-refractivity contribution in [3.05, 3.63) is 0 Å². The fraction of sp³-hybridized carbons (Fsp3) is 0.571. The van der Waals surface area contributed by atoms with Crippen molar-refractivity contribution in [1.82, 2.24) is 5.43 Å². The van der Waals surface area contributed by atoms with E-state index in [1.165, 1.54) is 0 Å². The van der Waals surface area contributed by atoms with Gasteiger partial charge in [-0.2, -0.15) is 5.10 Å². The number of rotatable bonds is 0. The van der Waals surface area contributed by atoms with E-state index < -0.39 is 0 Å². The van der Waals surface area contributed by atoms with E-state index in [4.69, 9.17) is 0 Å². The van der Waals surface area contributed by atoms with Gasteiger partial charge in [0.2, 0.25) is 0 Å². The summed E-state index contributed by atoms with van der Waals surface area (Å²) in [5, 5.41) is 3.76. The second-order valence-electron chi connectivity index (χ2n) is 2.93. The SMILES string of the molecule is O=C1CC(=O)C2NN=CC2C1. The quantitative estimate of drug-likeness (QED) is 0.476. The van der Waals surface area contributed by atoms with Crippen LogP contribution in [0.5, 0.6) is 0 Å². The lowest BCUT2D eigenvalue weighted by molar-refractivity contribution is -0.131. The lowest BCUT2D eigenvalue weighted by Gasteiger charge is -2.20. The highest BCUT2D eigenvalue weighted by atomic mass is 16.2. The zero-order valence-electron chi connectivity index (χ0n) is 5.91. The van der Waals surface area contributed by atoms with Gasteiger partial charge in [0.25, 0.3) is 0 Å². The number of fused-ring (bicyclic) bond motifs is 1. The molecule has 4 heteroatoms. The molecule has 0 spiro atoms. The average Bonchev–Trinajstić information content (AvgIpc) is 2.34. The fourth-order valence-corrected chi connectivity index (χ4v) is 1.52. The van der Waals surface area contributed by atoms with Crippen molar-refractivity contribution in [3.63, 3.8) is 0 Å². The zero-order valence-corrected chi connectivity index (χ0v) is 5.91. The van der Waals surface area contributed by atoms with Gasteiger partial charge in [-0.15, -0.1) is 0 Å². The second kappa shape index (κ2) is 2.15. The van der Waals surface area contributed by atoms with E-state index in [-0.39, 0.29) is 29.9 Å². The summed E-state index contributed by atoms with van der Waals surface area (Å²) in [6.45, 7) is 0. The van der Waals surface area contributed by atoms with Gasteiger partial charge in [0.05, 0.1) is 6.42 Å². The average molecular weight is 152 g/mol. The van der Waals surface area contributed by atoms with E-state index in [1.807, 2.05) is 0 Å². The maximum absolute atomic E-state index is 11.1. The van der Waals surface area contributed by atoms with E-state index in [0.29, 0.717) is 6.42 Å². The second-order valence-corrected chi connectivity index (χ2v) is 2.93. The van der Waals surface area contributed by atoms with Gasteiger partial charge in [-0.05, 0) is 0 Å². The largest absolute Gasteiger partial charge is 0.299 e. The molecule has 1 fully saturated rings. The third-order valence-electron chi connectivity index (χ3n) is 2.09. The predicted molar refractivity (Wildman–Crippen MR) is 38.2 cm³/mol. The number of carbonyl (C=O) groups excluding carboxylic acids is 2. The molecule has 0 amide bonds. The number of hydrogen-bond donors (Lipinski definition) is 1. The first-order valence-corrected chi connectivity index (χ1v) is 3.60. The summed E-state index contributed by atoms with van der Waals surface area (Å²) in [7, 11) is 0. The third-order valence-corrected chi connectivity index (χ3v) is 2.09. The third kappa shape index (κ3) is 0.943. The summed E-state index contributed by atoms with van der Waals surface area (Å²) >= 11 is 0. The Bertz CT molecular complexity index is 247. The fourth-order valence-electron chi connectivity index (χ4n) is 1.52. The number of ketones is 2. The molecule has 1 aliphatic carbocycles. The Balaban J connectivity index is 2.20. The Kier molecular flexibility index (Phi) is 1.27. The molecule has 0 aromatic heterocycles. The molecule has 2 aliphatic rings. The summed E-state index contributed by atoms with van der Waals surface area (Å²) in [5.41, 5.74) is 2.70. The predicted octanol–water partition coefficient (Wildman–Crippen LogP) is -0.508. The van der Waals surface area contributed by atoms with Gasteiger partial charge in [-0.25, -0.2) is 0 Å². The smallest absolute Gasteiger partial charge is 0.164 e. The minimum absolute atomic E-state index is 0.0174. The molecule has 0 aromatic rings. The number of hydrazone groups is 1. The van der Waals surface area contributed by atoms with Gasteiger partial charge in [-0.1, -0.05) is 0 Å². The highest BCUT2D eigenvalue weighted by Gasteiger charge is 2.37. The van der Waals surface area contributed by atoms with Gasteiger partial charge < -0.3 is 0 Å². The zero-order chi connectivity index (χ0) is 7.84. The van der Waals surface area contributed by atoms with Crippen molar-refractivity contribution >= 4 is 17.8 Å². The summed E-state index contributed by atoms with van der Waals surface area (Å²) in [6.07, 6.45) is 2.20. The van der Waals surface area contributed by atoms with Crippen LogP contribution < -0.4 is 5.43 Å². The van der Waals surface area contributed by atoms with Gasteiger partial charge in [0.15, 0.2) is 5.78 Å². The Morgan fingerprint density at radius 2 is 2.36 bits per heavy atom. The molecule has 58 valence electrons. The Morgan fingerprint density at radius 3 is 3.18 bits per heavy atom. The van der Waals surface area contributed by atoms with Crippen molar-refractivity contribution in [1.29, 1.82) is 0 Å². The standard InChI is InChI=1S/C7H8N2O2/c10-5-1-4-3-8-9-7(4)6(11)2-5/h3-4,7,9H,1-2H2. The highest BCUT2D eigenvalue weighted by Crippen LogP contribution is 2.20. The van der Waals surface area contributed by atoms with Crippen LogP contribution in [-0.2, 0) is 9.59 Å². The molecular formula is C7H8N2O2. The van der Waals surface area contributed by atoms with Crippen LogP contribution in [0.4, 0.5) is 0 Å². The molecule has 11 heavy (non-hydrogen) atoms. The molecule has 2 atom stereocenters. The maximum atomic E-state index is 11.1. The number of hydrogen-bond acceptors (Lipinski definition) is 4. The number of nitrogens with one attached hydrogen (secondary N) is 1. The molecule has 1 saturated carbocycles. The topological polar surface area (TPSA) is 58.5 Å². The summed E-state index contributed by atoms with van der Waals surface area (Å²) in [4.78, 5) is 22.0.